The van der Waals surface area contributed by atoms with Crippen LogP contribution >= 0.6 is 31.9 Å². The molecule has 1 heterocycles. The Labute approximate surface area is 197 Å². The normalized spacial score (nSPS) is 10.6. The Morgan fingerprint density at radius 3 is 2.35 bits per heavy atom. The van der Waals surface area contributed by atoms with Crippen LogP contribution in [0, 0.1) is 11.3 Å². The molecule has 4 rings (SSSR count). The summed E-state index contributed by atoms with van der Waals surface area (Å²) in [6, 6.07) is 25.3. The van der Waals surface area contributed by atoms with Crippen molar-refractivity contribution in [2.45, 2.75) is 13.0 Å². The van der Waals surface area contributed by atoms with Crippen molar-refractivity contribution in [3.05, 3.63) is 92.9 Å². The van der Waals surface area contributed by atoms with Crippen molar-refractivity contribution >= 4 is 37.7 Å². The second-order valence-electron chi connectivity index (χ2n) is 6.87. The predicted molar refractivity (Wildman–Crippen MR) is 129 cm³/mol. The molecule has 0 saturated heterocycles. The zero-order chi connectivity index (χ0) is 21.8. The first-order valence-corrected chi connectivity index (χ1v) is 11.2. The number of nitrogen functional groups attached to an aromatic ring is 1. The molecule has 4 aromatic rings. The van der Waals surface area contributed by atoms with E-state index in [2.05, 4.69) is 43.0 Å². The fourth-order valence-corrected chi connectivity index (χ4v) is 4.46. The van der Waals surface area contributed by atoms with Gasteiger partial charge in [0, 0.05) is 21.1 Å². The number of aryl methyl sites for hydroxylation is 2. The third kappa shape index (κ3) is 4.82. The molecular formula is C24H18Br2N4O. The van der Waals surface area contributed by atoms with E-state index in [1.807, 2.05) is 72.8 Å². The Hall–Kier alpha value is -3.08. The van der Waals surface area contributed by atoms with Gasteiger partial charge >= 0.3 is 0 Å². The Morgan fingerprint density at radius 1 is 0.968 bits per heavy atom. The fraction of sp³-hybridized carbons (Fsp3) is 0.0833. The molecule has 0 bridgehead atoms. The number of halogens is 2. The van der Waals surface area contributed by atoms with Gasteiger partial charge in [0.2, 0.25) is 0 Å². The maximum Gasteiger partial charge on any atom is 0.140 e. The Morgan fingerprint density at radius 2 is 1.68 bits per heavy atom. The van der Waals surface area contributed by atoms with Gasteiger partial charge in [-0.15, -0.1) is 0 Å². The molecule has 3 aromatic carbocycles. The van der Waals surface area contributed by atoms with Gasteiger partial charge in [-0.1, -0.05) is 56.1 Å². The molecule has 0 fully saturated rings. The van der Waals surface area contributed by atoms with E-state index in [-0.39, 0.29) is 0 Å². The zero-order valence-corrected chi connectivity index (χ0v) is 19.6. The average molecular weight is 538 g/mol. The highest BCUT2D eigenvalue weighted by Crippen LogP contribution is 2.30. The van der Waals surface area contributed by atoms with Crippen molar-refractivity contribution in [3.8, 4) is 28.8 Å². The van der Waals surface area contributed by atoms with Gasteiger partial charge in [-0.3, -0.25) is 0 Å². The highest BCUT2D eigenvalue weighted by Gasteiger charge is 2.17. The van der Waals surface area contributed by atoms with Crippen LogP contribution in [0.2, 0.25) is 0 Å². The van der Waals surface area contributed by atoms with E-state index in [4.69, 9.17) is 10.5 Å². The first-order chi connectivity index (χ1) is 15.0. The molecule has 0 spiro atoms. The van der Waals surface area contributed by atoms with Crippen molar-refractivity contribution in [1.29, 1.82) is 5.26 Å². The molecule has 1 aromatic heterocycles. The molecule has 0 atom stereocenters. The molecule has 5 nitrogen and oxygen atoms in total. The molecule has 2 N–H and O–H groups in total. The lowest BCUT2D eigenvalue weighted by molar-refractivity contribution is 0.483. The second-order valence-corrected chi connectivity index (χ2v) is 8.64. The van der Waals surface area contributed by atoms with Gasteiger partial charge in [-0.2, -0.15) is 10.4 Å². The maximum atomic E-state index is 9.66. The summed E-state index contributed by atoms with van der Waals surface area (Å²) in [7, 11) is 0. The Balaban J connectivity index is 1.55. The molecule has 0 aliphatic rings. The van der Waals surface area contributed by atoms with E-state index in [1.54, 1.807) is 4.68 Å². The minimum absolute atomic E-state index is 0.371. The number of para-hydroxylation sites is 1. The molecule has 0 aliphatic heterocycles. The smallest absolute Gasteiger partial charge is 0.140 e. The van der Waals surface area contributed by atoms with Crippen molar-refractivity contribution in [2.24, 2.45) is 0 Å². The van der Waals surface area contributed by atoms with Crippen LogP contribution in [0.25, 0.3) is 11.3 Å². The topological polar surface area (TPSA) is 76.9 Å². The third-order valence-corrected chi connectivity index (χ3v) is 6.05. The standard InChI is InChI=1S/C24H18Br2N4O/c25-18-9-6-16(22(26)14-18)12-13-30-24(28)21(15-27)23(29-30)17-7-10-20(11-8-17)31-19-4-2-1-3-5-19/h1-11,14H,12-13,28H2. The first-order valence-electron chi connectivity index (χ1n) is 9.59. The van der Waals surface area contributed by atoms with Gasteiger partial charge in [0.05, 0.1) is 0 Å². The molecule has 0 amide bonds. The number of aromatic nitrogens is 2. The maximum absolute atomic E-state index is 9.66. The van der Waals surface area contributed by atoms with Crippen molar-refractivity contribution in [3.63, 3.8) is 0 Å². The molecule has 0 radical (unpaired) electrons. The number of hydrogen-bond donors (Lipinski definition) is 1. The van der Waals surface area contributed by atoms with Crippen LogP contribution < -0.4 is 10.5 Å². The van der Waals surface area contributed by atoms with E-state index in [1.165, 1.54) is 0 Å². The number of ether oxygens (including phenoxy) is 1. The number of nitrogens with zero attached hydrogens (tertiary/aromatic N) is 3. The van der Waals surface area contributed by atoms with Crippen LogP contribution in [-0.2, 0) is 13.0 Å². The summed E-state index contributed by atoms with van der Waals surface area (Å²) in [4.78, 5) is 0. The first kappa shape index (κ1) is 21.2. The van der Waals surface area contributed by atoms with Gasteiger partial charge in [0.1, 0.15) is 34.6 Å². The summed E-state index contributed by atoms with van der Waals surface area (Å²) in [5.41, 5.74) is 9.15. The molecular weight excluding hydrogens is 520 g/mol. The van der Waals surface area contributed by atoms with E-state index >= 15 is 0 Å². The van der Waals surface area contributed by atoms with E-state index in [9.17, 15) is 5.26 Å². The minimum atomic E-state index is 0.371. The summed E-state index contributed by atoms with van der Waals surface area (Å²) in [6.45, 7) is 0.565. The van der Waals surface area contributed by atoms with Gasteiger partial charge in [0.15, 0.2) is 0 Å². The predicted octanol–water partition coefficient (Wildman–Crippen LogP) is 6.56. The lowest BCUT2D eigenvalue weighted by Gasteiger charge is -2.07. The van der Waals surface area contributed by atoms with E-state index < -0.39 is 0 Å². The van der Waals surface area contributed by atoms with Crippen LogP contribution in [0.15, 0.2) is 81.7 Å². The number of hydrogen-bond acceptors (Lipinski definition) is 4. The number of nitrogens with two attached hydrogens (primary N) is 1. The highest BCUT2D eigenvalue weighted by atomic mass is 79.9. The van der Waals surface area contributed by atoms with E-state index in [0.717, 1.165) is 32.2 Å². The average Bonchev–Trinajstić information content (AvgIpc) is 3.10. The summed E-state index contributed by atoms with van der Waals surface area (Å²) in [6.07, 6.45) is 0.730. The summed E-state index contributed by atoms with van der Waals surface area (Å²) >= 11 is 7.05. The van der Waals surface area contributed by atoms with Crippen LogP contribution in [0.1, 0.15) is 11.1 Å². The van der Waals surface area contributed by atoms with Crippen LogP contribution in [0.4, 0.5) is 5.82 Å². The van der Waals surface area contributed by atoms with Crippen LogP contribution in [0.3, 0.4) is 0 Å². The highest BCUT2D eigenvalue weighted by molar-refractivity contribution is 9.11. The van der Waals surface area contributed by atoms with Crippen LogP contribution in [-0.4, -0.2) is 9.78 Å². The Kier molecular flexibility index (Phi) is 6.40. The quantitative estimate of drug-likeness (QED) is 0.302. The summed E-state index contributed by atoms with van der Waals surface area (Å²) in [5, 5.41) is 14.3. The number of rotatable bonds is 6. The van der Waals surface area contributed by atoms with Crippen molar-refractivity contribution in [1.82, 2.24) is 9.78 Å². The molecule has 154 valence electrons. The fourth-order valence-electron chi connectivity index (χ4n) is 3.21. The summed E-state index contributed by atoms with van der Waals surface area (Å²) < 4.78 is 9.56. The molecule has 0 unspecified atom stereocenters. The molecule has 0 aliphatic carbocycles. The molecule has 31 heavy (non-hydrogen) atoms. The SMILES string of the molecule is N#Cc1c(-c2ccc(Oc3ccccc3)cc2)nn(CCc2ccc(Br)cc2Br)c1N. The second kappa shape index (κ2) is 9.38. The summed E-state index contributed by atoms with van der Waals surface area (Å²) in [5.74, 6) is 1.84. The number of anilines is 1. The van der Waals surface area contributed by atoms with Gasteiger partial charge in [0.25, 0.3) is 0 Å². The third-order valence-electron chi connectivity index (χ3n) is 4.82. The van der Waals surface area contributed by atoms with Crippen LogP contribution in [0.5, 0.6) is 11.5 Å². The monoisotopic (exact) mass is 536 g/mol. The molecule has 7 heteroatoms. The van der Waals surface area contributed by atoms with Gasteiger partial charge < -0.3 is 10.5 Å². The van der Waals surface area contributed by atoms with Crippen molar-refractivity contribution in [2.75, 3.05) is 5.73 Å². The van der Waals surface area contributed by atoms with Gasteiger partial charge in [-0.05, 0) is 60.5 Å². The lowest BCUT2D eigenvalue weighted by Crippen LogP contribution is -2.07. The lowest BCUT2D eigenvalue weighted by atomic mass is 10.1. The minimum Gasteiger partial charge on any atom is -0.457 e. The number of benzene rings is 3. The van der Waals surface area contributed by atoms with E-state index in [0.29, 0.717) is 29.4 Å². The van der Waals surface area contributed by atoms with Crippen molar-refractivity contribution < 1.29 is 4.74 Å². The largest absolute Gasteiger partial charge is 0.457 e. The molecule has 0 saturated carbocycles. The number of nitriles is 1. The Bertz CT molecular complexity index is 1250. The zero-order valence-electron chi connectivity index (χ0n) is 16.4. The van der Waals surface area contributed by atoms with Gasteiger partial charge in [-0.25, -0.2) is 4.68 Å².